The Morgan fingerprint density at radius 1 is 1.53 bits per heavy atom. The third-order valence-corrected chi connectivity index (χ3v) is 2.42. The lowest BCUT2D eigenvalue weighted by atomic mass is 10.1. The van der Waals surface area contributed by atoms with Crippen LogP contribution in [0.1, 0.15) is 26.7 Å². The molecule has 1 fully saturated rings. The molecule has 0 aliphatic carbocycles. The molecular formula is C11H18N2O2. The van der Waals surface area contributed by atoms with Crippen molar-refractivity contribution in [2.75, 3.05) is 13.1 Å². The van der Waals surface area contributed by atoms with Crippen molar-refractivity contribution < 1.29 is 9.59 Å². The summed E-state index contributed by atoms with van der Waals surface area (Å²) in [5.74, 6) is -0.0212. The van der Waals surface area contributed by atoms with Gasteiger partial charge in [-0.15, -0.1) is 0 Å². The maximum Gasteiger partial charge on any atom is 0.245 e. The number of hydrogen-bond donors (Lipinski definition) is 1. The predicted octanol–water partition coefficient (Wildman–Crippen LogP) is 0.690. The lowest BCUT2D eigenvalue weighted by Crippen LogP contribution is -2.57. The van der Waals surface area contributed by atoms with Gasteiger partial charge in [0.2, 0.25) is 11.8 Å². The molecule has 1 aliphatic rings. The molecule has 0 aromatic rings. The molecule has 84 valence electrons. The second kappa shape index (κ2) is 5.53. The van der Waals surface area contributed by atoms with Crippen LogP contribution in [0.4, 0.5) is 0 Å². The first-order valence-electron chi connectivity index (χ1n) is 5.38. The summed E-state index contributed by atoms with van der Waals surface area (Å²) < 4.78 is 0. The molecule has 1 aliphatic heterocycles. The topological polar surface area (TPSA) is 49.4 Å². The molecule has 0 radical (unpaired) electrons. The van der Waals surface area contributed by atoms with E-state index in [1.807, 2.05) is 26.0 Å². The maximum atomic E-state index is 11.8. The minimum Gasteiger partial charge on any atom is -0.343 e. The quantitative estimate of drug-likeness (QED) is 0.694. The van der Waals surface area contributed by atoms with Gasteiger partial charge in [0.15, 0.2) is 0 Å². The summed E-state index contributed by atoms with van der Waals surface area (Å²) in [5.41, 5.74) is 0. The van der Waals surface area contributed by atoms with Gasteiger partial charge in [0, 0.05) is 6.54 Å². The van der Waals surface area contributed by atoms with Gasteiger partial charge in [0.05, 0.1) is 6.54 Å². The van der Waals surface area contributed by atoms with Gasteiger partial charge in [-0.2, -0.15) is 0 Å². The lowest BCUT2D eigenvalue weighted by molar-refractivity contribution is -0.143. The van der Waals surface area contributed by atoms with Crippen LogP contribution in [0.25, 0.3) is 0 Å². The monoisotopic (exact) mass is 210 g/mol. The maximum absolute atomic E-state index is 11.8. The molecule has 4 heteroatoms. The summed E-state index contributed by atoms with van der Waals surface area (Å²) >= 11 is 0. The van der Waals surface area contributed by atoms with Crippen LogP contribution < -0.4 is 5.32 Å². The zero-order valence-corrected chi connectivity index (χ0v) is 9.32. The van der Waals surface area contributed by atoms with E-state index < -0.39 is 0 Å². The van der Waals surface area contributed by atoms with E-state index in [9.17, 15) is 9.59 Å². The number of carbonyl (C=O) groups excluding carboxylic acids is 2. The van der Waals surface area contributed by atoms with Gasteiger partial charge in [-0.1, -0.05) is 25.5 Å². The van der Waals surface area contributed by atoms with E-state index in [0.717, 1.165) is 12.8 Å². The number of rotatable bonds is 4. The number of allylic oxidation sites excluding steroid dienone is 1. The van der Waals surface area contributed by atoms with Crippen molar-refractivity contribution in [3.8, 4) is 0 Å². The van der Waals surface area contributed by atoms with Gasteiger partial charge >= 0.3 is 0 Å². The van der Waals surface area contributed by atoms with E-state index in [1.165, 1.54) is 0 Å². The Balaban J connectivity index is 2.63. The van der Waals surface area contributed by atoms with Crippen LogP contribution in [-0.2, 0) is 9.59 Å². The molecule has 1 unspecified atom stereocenters. The Bertz CT molecular complexity index is 274. The van der Waals surface area contributed by atoms with Crippen molar-refractivity contribution in [3.05, 3.63) is 12.2 Å². The van der Waals surface area contributed by atoms with Crippen LogP contribution in [0.2, 0.25) is 0 Å². The van der Waals surface area contributed by atoms with Crippen LogP contribution in [0, 0.1) is 0 Å². The fraction of sp³-hybridized carbons (Fsp3) is 0.636. The van der Waals surface area contributed by atoms with Crippen molar-refractivity contribution in [3.63, 3.8) is 0 Å². The minimum absolute atomic E-state index is 0.0366. The smallest absolute Gasteiger partial charge is 0.245 e. The molecule has 2 amide bonds. The van der Waals surface area contributed by atoms with E-state index in [4.69, 9.17) is 0 Å². The van der Waals surface area contributed by atoms with Crippen LogP contribution in [-0.4, -0.2) is 35.8 Å². The van der Waals surface area contributed by atoms with Crippen LogP contribution in [0.3, 0.4) is 0 Å². The molecule has 1 heterocycles. The summed E-state index contributed by atoms with van der Waals surface area (Å²) in [4.78, 5) is 24.8. The highest BCUT2D eigenvalue weighted by atomic mass is 16.2. The number of carbonyl (C=O) groups is 2. The zero-order chi connectivity index (χ0) is 11.3. The summed E-state index contributed by atoms with van der Waals surface area (Å²) in [7, 11) is 0. The third-order valence-electron chi connectivity index (χ3n) is 2.42. The zero-order valence-electron chi connectivity index (χ0n) is 9.32. The van der Waals surface area contributed by atoms with E-state index in [2.05, 4.69) is 5.32 Å². The van der Waals surface area contributed by atoms with Gasteiger partial charge in [0.25, 0.3) is 0 Å². The largest absolute Gasteiger partial charge is 0.343 e. The van der Waals surface area contributed by atoms with Crippen LogP contribution in [0.15, 0.2) is 12.2 Å². The molecule has 1 N–H and O–H groups in total. The Morgan fingerprint density at radius 2 is 2.27 bits per heavy atom. The molecule has 1 rings (SSSR count). The number of hydrogen-bond acceptors (Lipinski definition) is 2. The Morgan fingerprint density at radius 3 is 2.87 bits per heavy atom. The second-order valence-corrected chi connectivity index (χ2v) is 3.70. The molecule has 0 aromatic carbocycles. The Kier molecular flexibility index (Phi) is 4.34. The van der Waals surface area contributed by atoms with Gasteiger partial charge in [0.1, 0.15) is 6.04 Å². The summed E-state index contributed by atoms with van der Waals surface area (Å²) in [6, 6.07) is -0.318. The van der Waals surface area contributed by atoms with Crippen molar-refractivity contribution in [1.82, 2.24) is 10.2 Å². The molecule has 1 atom stereocenters. The molecule has 15 heavy (non-hydrogen) atoms. The highest BCUT2D eigenvalue weighted by molar-refractivity contribution is 5.94. The van der Waals surface area contributed by atoms with E-state index >= 15 is 0 Å². The van der Waals surface area contributed by atoms with Crippen molar-refractivity contribution in [1.29, 1.82) is 0 Å². The van der Waals surface area contributed by atoms with Gasteiger partial charge < -0.3 is 10.2 Å². The minimum atomic E-state index is -0.318. The molecule has 0 bridgehead atoms. The van der Waals surface area contributed by atoms with E-state index in [-0.39, 0.29) is 24.4 Å². The van der Waals surface area contributed by atoms with E-state index in [0.29, 0.717) is 6.54 Å². The summed E-state index contributed by atoms with van der Waals surface area (Å²) in [5, 5.41) is 2.72. The predicted molar refractivity (Wildman–Crippen MR) is 58.2 cm³/mol. The Labute approximate surface area is 90.3 Å². The molecule has 0 aromatic heterocycles. The van der Waals surface area contributed by atoms with E-state index in [1.54, 1.807) is 4.90 Å². The third kappa shape index (κ3) is 3.08. The van der Waals surface area contributed by atoms with Crippen molar-refractivity contribution >= 4 is 11.8 Å². The van der Waals surface area contributed by atoms with Gasteiger partial charge in [-0.05, 0) is 13.3 Å². The standard InChI is InChI=1S/C11H18N2O2/c1-3-5-7-13-8-10(14)12-9(6-4-2)11(13)15/h3,5,9H,4,6-8H2,1-2H3,(H,12,14)/b5-3+. The lowest BCUT2D eigenvalue weighted by Gasteiger charge is -2.31. The number of piperazine rings is 1. The number of nitrogens with one attached hydrogen (secondary N) is 1. The fourth-order valence-electron chi connectivity index (χ4n) is 1.64. The number of amides is 2. The highest BCUT2D eigenvalue weighted by Gasteiger charge is 2.30. The number of nitrogens with zero attached hydrogens (tertiary/aromatic N) is 1. The molecule has 4 nitrogen and oxygen atoms in total. The second-order valence-electron chi connectivity index (χ2n) is 3.70. The van der Waals surface area contributed by atoms with Crippen molar-refractivity contribution in [2.45, 2.75) is 32.7 Å². The van der Waals surface area contributed by atoms with Crippen LogP contribution in [0.5, 0.6) is 0 Å². The average Bonchev–Trinajstić information content (AvgIpc) is 2.21. The normalized spacial score (nSPS) is 22.3. The first-order valence-corrected chi connectivity index (χ1v) is 5.38. The summed E-state index contributed by atoms with van der Waals surface area (Å²) in [6.07, 6.45) is 5.39. The van der Waals surface area contributed by atoms with Gasteiger partial charge in [-0.25, -0.2) is 0 Å². The highest BCUT2D eigenvalue weighted by Crippen LogP contribution is 2.07. The van der Waals surface area contributed by atoms with Crippen molar-refractivity contribution in [2.24, 2.45) is 0 Å². The molecule has 0 saturated carbocycles. The molecule has 1 saturated heterocycles. The molecular weight excluding hydrogens is 192 g/mol. The van der Waals surface area contributed by atoms with Gasteiger partial charge in [-0.3, -0.25) is 9.59 Å². The summed E-state index contributed by atoms with van der Waals surface area (Å²) in [6.45, 7) is 4.62. The average molecular weight is 210 g/mol. The van der Waals surface area contributed by atoms with Crippen LogP contribution >= 0.6 is 0 Å². The first kappa shape index (κ1) is 11.8. The first-order chi connectivity index (χ1) is 7.19. The fourth-order valence-corrected chi connectivity index (χ4v) is 1.64. The Hall–Kier alpha value is -1.32. The SMILES string of the molecule is C/C=C/CN1CC(=O)NC(CCC)C1=O. The molecule has 0 spiro atoms.